The molecule has 6 aromatic rings. The number of methoxy groups -OCH3 is 2. The maximum Gasteiger partial charge on any atom is 0.213 e. The number of hydrogen-bond acceptors (Lipinski definition) is 8. The lowest BCUT2D eigenvalue weighted by molar-refractivity contribution is 0.327. The zero-order valence-corrected chi connectivity index (χ0v) is 24.5. The summed E-state index contributed by atoms with van der Waals surface area (Å²) in [6.07, 6.45) is 1.25. The van der Waals surface area contributed by atoms with E-state index in [1.165, 1.54) is 0 Å². The monoisotopic (exact) mass is 574 g/mol. The van der Waals surface area contributed by atoms with Gasteiger partial charge in [-0.1, -0.05) is 72.8 Å². The zero-order chi connectivity index (χ0) is 28.9. The van der Waals surface area contributed by atoms with Gasteiger partial charge in [0.25, 0.3) is 0 Å². The fourth-order valence-electron chi connectivity index (χ4n) is 5.03. The predicted octanol–water partition coefficient (Wildman–Crippen LogP) is 6.64. The summed E-state index contributed by atoms with van der Waals surface area (Å²) >= 11 is 0. The molecular formula is C34H34N6O3. The van der Waals surface area contributed by atoms with E-state index in [-0.39, 0.29) is 6.15 Å². The summed E-state index contributed by atoms with van der Waals surface area (Å²) in [4.78, 5) is 20.2. The van der Waals surface area contributed by atoms with Gasteiger partial charge in [-0.15, -0.1) is 0 Å². The molecule has 6 rings (SSSR count). The van der Waals surface area contributed by atoms with Crippen LogP contribution >= 0.6 is 0 Å². The molecule has 0 aliphatic carbocycles. The smallest absolute Gasteiger partial charge is 0.213 e. The summed E-state index contributed by atoms with van der Waals surface area (Å²) < 4.78 is 19.3. The van der Waals surface area contributed by atoms with Gasteiger partial charge in [-0.3, -0.25) is 4.57 Å². The van der Waals surface area contributed by atoms with Crippen LogP contribution in [0.15, 0.2) is 97.1 Å². The average Bonchev–Trinajstić information content (AvgIpc) is 3.39. The van der Waals surface area contributed by atoms with E-state index >= 15 is 0 Å². The minimum absolute atomic E-state index is 0. The fraction of sp³-hybridized carbons (Fsp3) is 0.176. The van der Waals surface area contributed by atoms with Crippen molar-refractivity contribution in [3.63, 3.8) is 0 Å². The molecule has 3 N–H and O–H groups in total. The van der Waals surface area contributed by atoms with Gasteiger partial charge >= 0.3 is 0 Å². The summed E-state index contributed by atoms with van der Waals surface area (Å²) in [6, 6.07) is 31.9. The molecule has 3 aromatic heterocycles. The molecule has 0 radical (unpaired) electrons. The Hall–Kier alpha value is -5.28. The number of para-hydroxylation sites is 1. The van der Waals surface area contributed by atoms with E-state index in [0.717, 1.165) is 22.5 Å². The van der Waals surface area contributed by atoms with Crippen LogP contribution in [0.2, 0.25) is 0 Å². The number of pyridine rings is 1. The molecule has 43 heavy (non-hydrogen) atoms. The number of rotatable bonds is 10. The number of fused-ring (bicyclic) bond motifs is 1. The molecule has 0 amide bonds. The molecule has 0 aliphatic heterocycles. The van der Waals surface area contributed by atoms with Crippen LogP contribution in [0, 0.1) is 0 Å². The Morgan fingerprint density at radius 1 is 0.628 bits per heavy atom. The van der Waals surface area contributed by atoms with Gasteiger partial charge in [-0.05, 0) is 36.2 Å². The summed E-state index contributed by atoms with van der Waals surface area (Å²) in [7, 11) is 3.27. The van der Waals surface area contributed by atoms with Gasteiger partial charge in [0.1, 0.15) is 22.9 Å². The maximum absolute atomic E-state index is 5.82. The fourth-order valence-corrected chi connectivity index (χ4v) is 5.03. The van der Waals surface area contributed by atoms with Gasteiger partial charge in [0, 0.05) is 18.9 Å². The Balaban J connectivity index is 0.00000368. The molecular weight excluding hydrogens is 540 g/mol. The highest BCUT2D eigenvalue weighted by Crippen LogP contribution is 2.38. The molecule has 218 valence electrons. The molecule has 0 saturated carbocycles. The highest BCUT2D eigenvalue weighted by molar-refractivity contribution is 5.79. The number of benzene rings is 3. The third-order valence-corrected chi connectivity index (χ3v) is 6.95. The summed E-state index contributed by atoms with van der Waals surface area (Å²) in [5.41, 5.74) is 6.41. The lowest BCUT2D eigenvalue weighted by Crippen LogP contribution is -2.08. The Bertz CT molecular complexity index is 1800. The minimum atomic E-state index is 0. The molecule has 3 heterocycles. The van der Waals surface area contributed by atoms with Crippen LogP contribution in [0.1, 0.15) is 29.4 Å². The van der Waals surface area contributed by atoms with Gasteiger partial charge in [0.2, 0.25) is 5.88 Å². The maximum atomic E-state index is 5.82. The third kappa shape index (κ3) is 6.02. The molecule has 0 saturated heterocycles. The van der Waals surface area contributed by atoms with E-state index in [4.69, 9.17) is 34.1 Å². The largest absolute Gasteiger partial charge is 0.494 e. The number of nitrogens with zero attached hydrogens (tertiary/aromatic N) is 5. The van der Waals surface area contributed by atoms with E-state index in [0.29, 0.717) is 65.3 Å². The Kier molecular flexibility index (Phi) is 8.93. The standard InChI is InChI=1S/C34H31N5O3.H3N/c1-4-42-30-20-11-17-25(35-30)33-38-32-34(39(33)31-28(40-2)18-12-19-29(31)41-3)37-27(22-24-15-9-6-10-16-24)26(36-32)21-23-13-7-5-8-14-23;/h5-20H,4,21-22H2,1-3H3;1H3. The lowest BCUT2D eigenvalue weighted by Gasteiger charge is -2.17. The summed E-state index contributed by atoms with van der Waals surface area (Å²) in [5, 5.41) is 0. The van der Waals surface area contributed by atoms with Crippen molar-refractivity contribution in [3.8, 4) is 34.6 Å². The second-order valence-electron chi connectivity index (χ2n) is 9.66. The second kappa shape index (κ2) is 13.1. The first-order valence-corrected chi connectivity index (χ1v) is 13.9. The molecule has 0 spiro atoms. The number of imidazole rings is 1. The second-order valence-corrected chi connectivity index (χ2v) is 9.66. The van der Waals surface area contributed by atoms with Crippen LogP contribution in [0.5, 0.6) is 17.4 Å². The summed E-state index contributed by atoms with van der Waals surface area (Å²) in [5.74, 6) is 2.28. The van der Waals surface area contributed by atoms with Gasteiger partial charge in [0.15, 0.2) is 17.1 Å². The van der Waals surface area contributed by atoms with Crippen LogP contribution in [0.3, 0.4) is 0 Å². The van der Waals surface area contributed by atoms with Crippen LogP contribution < -0.4 is 20.4 Å². The van der Waals surface area contributed by atoms with E-state index in [1.807, 2.05) is 84.3 Å². The van der Waals surface area contributed by atoms with Crippen molar-refractivity contribution in [2.75, 3.05) is 20.8 Å². The SMILES string of the molecule is CCOc1cccc(-c2nc3nc(Cc4ccccc4)c(Cc4ccccc4)nc3n2-c2c(OC)cccc2OC)n1.N. The van der Waals surface area contributed by atoms with Crippen LogP contribution in [-0.4, -0.2) is 45.3 Å². The van der Waals surface area contributed by atoms with Gasteiger partial charge in [-0.25, -0.2) is 19.9 Å². The molecule has 0 atom stereocenters. The average molecular weight is 575 g/mol. The minimum Gasteiger partial charge on any atom is -0.494 e. The molecule has 9 nitrogen and oxygen atoms in total. The number of aromatic nitrogens is 5. The lowest BCUT2D eigenvalue weighted by atomic mass is 10.0. The van der Waals surface area contributed by atoms with Crippen molar-refractivity contribution in [2.24, 2.45) is 0 Å². The normalized spacial score (nSPS) is 10.8. The van der Waals surface area contributed by atoms with Crippen molar-refractivity contribution >= 4 is 11.3 Å². The predicted molar refractivity (Wildman–Crippen MR) is 168 cm³/mol. The van der Waals surface area contributed by atoms with Crippen molar-refractivity contribution in [1.82, 2.24) is 30.7 Å². The molecule has 9 heteroatoms. The number of hydrogen-bond donors (Lipinski definition) is 1. The zero-order valence-electron chi connectivity index (χ0n) is 24.5. The van der Waals surface area contributed by atoms with Crippen molar-refractivity contribution in [3.05, 3.63) is 120 Å². The molecule has 0 unspecified atom stereocenters. The van der Waals surface area contributed by atoms with E-state index < -0.39 is 0 Å². The molecule has 0 bridgehead atoms. The molecule has 0 aliphatic rings. The first-order valence-electron chi connectivity index (χ1n) is 13.9. The molecule has 3 aromatic carbocycles. The van der Waals surface area contributed by atoms with Crippen LogP contribution in [0.4, 0.5) is 0 Å². The molecule has 0 fully saturated rings. The Morgan fingerprint density at radius 2 is 1.21 bits per heavy atom. The van der Waals surface area contributed by atoms with Crippen molar-refractivity contribution in [1.29, 1.82) is 0 Å². The Morgan fingerprint density at radius 3 is 1.79 bits per heavy atom. The first kappa shape index (κ1) is 29.2. The first-order chi connectivity index (χ1) is 20.7. The van der Waals surface area contributed by atoms with E-state index in [9.17, 15) is 0 Å². The number of ether oxygens (including phenoxy) is 3. The van der Waals surface area contributed by atoms with Crippen LogP contribution in [-0.2, 0) is 12.8 Å². The van der Waals surface area contributed by atoms with Gasteiger partial charge < -0.3 is 20.4 Å². The highest BCUT2D eigenvalue weighted by Gasteiger charge is 2.25. The van der Waals surface area contributed by atoms with E-state index in [2.05, 4.69) is 24.3 Å². The third-order valence-electron chi connectivity index (χ3n) is 6.95. The van der Waals surface area contributed by atoms with E-state index in [1.54, 1.807) is 14.2 Å². The van der Waals surface area contributed by atoms with Gasteiger partial charge in [0.05, 0.1) is 32.2 Å². The highest BCUT2D eigenvalue weighted by atomic mass is 16.5. The van der Waals surface area contributed by atoms with Gasteiger partial charge in [-0.2, -0.15) is 0 Å². The topological polar surface area (TPSA) is 119 Å². The Labute approximate surface area is 250 Å². The van der Waals surface area contributed by atoms with Crippen molar-refractivity contribution < 1.29 is 14.2 Å². The summed E-state index contributed by atoms with van der Waals surface area (Å²) in [6.45, 7) is 2.43. The van der Waals surface area contributed by atoms with Crippen LogP contribution in [0.25, 0.3) is 28.5 Å². The van der Waals surface area contributed by atoms with Crippen molar-refractivity contribution in [2.45, 2.75) is 19.8 Å². The quantitative estimate of drug-likeness (QED) is 0.193.